The van der Waals surface area contributed by atoms with E-state index in [-0.39, 0.29) is 0 Å². The summed E-state index contributed by atoms with van der Waals surface area (Å²) in [5.74, 6) is 0.856. The Bertz CT molecular complexity index is 567. The van der Waals surface area contributed by atoms with E-state index in [0.717, 1.165) is 21.9 Å². The van der Waals surface area contributed by atoms with E-state index in [0.29, 0.717) is 13.2 Å². The minimum Gasteiger partial charge on any atom is -0.494 e. The molecule has 0 aliphatic rings. The van der Waals surface area contributed by atoms with Crippen LogP contribution in [0.1, 0.15) is 18.1 Å². The van der Waals surface area contributed by atoms with Gasteiger partial charge in [0.2, 0.25) is 0 Å². The molecule has 2 rings (SSSR count). The van der Waals surface area contributed by atoms with E-state index >= 15 is 0 Å². The van der Waals surface area contributed by atoms with Gasteiger partial charge in [-0.05, 0) is 42.3 Å². The number of nitrogens with one attached hydrogen (secondary N) is 1. The van der Waals surface area contributed by atoms with Gasteiger partial charge < -0.3 is 10.2 Å². The largest absolute Gasteiger partial charge is 0.494 e. The molecular weight excluding hydrogens is 272 g/mol. The van der Waals surface area contributed by atoms with E-state index in [1.54, 1.807) is 6.21 Å². The van der Waals surface area contributed by atoms with Crippen LogP contribution in [-0.2, 0) is 6.54 Å². The van der Waals surface area contributed by atoms with E-state index in [2.05, 4.69) is 10.5 Å². The number of rotatable bonds is 6. The Kier molecular flexibility index (Phi) is 5.44. The lowest BCUT2D eigenvalue weighted by Gasteiger charge is -2.03. The minimum absolute atomic E-state index is 0.662. The van der Waals surface area contributed by atoms with Crippen molar-refractivity contribution in [3.63, 3.8) is 0 Å². The lowest BCUT2D eigenvalue weighted by atomic mass is 10.2. The van der Waals surface area contributed by atoms with Gasteiger partial charge in [-0.25, -0.2) is 0 Å². The SMILES string of the molecule is CCOc1cccc(/C=N\NCc2ccc(Cl)cc2)c1. The molecule has 0 unspecified atom stereocenters. The summed E-state index contributed by atoms with van der Waals surface area (Å²) in [4.78, 5) is 0. The normalized spacial score (nSPS) is 10.7. The first-order chi connectivity index (χ1) is 9.78. The van der Waals surface area contributed by atoms with Crippen molar-refractivity contribution >= 4 is 17.8 Å². The van der Waals surface area contributed by atoms with Gasteiger partial charge in [0.05, 0.1) is 19.4 Å². The molecular formula is C16H17ClN2O. The molecule has 0 spiro atoms. The molecule has 4 heteroatoms. The highest BCUT2D eigenvalue weighted by Crippen LogP contribution is 2.12. The van der Waals surface area contributed by atoms with E-state index in [9.17, 15) is 0 Å². The third kappa shape index (κ3) is 4.59. The number of nitrogens with zero attached hydrogens (tertiary/aromatic N) is 1. The van der Waals surface area contributed by atoms with Gasteiger partial charge in [-0.15, -0.1) is 0 Å². The Morgan fingerprint density at radius 3 is 2.75 bits per heavy atom. The summed E-state index contributed by atoms with van der Waals surface area (Å²) in [6, 6.07) is 15.5. The summed E-state index contributed by atoms with van der Waals surface area (Å²) in [7, 11) is 0. The van der Waals surface area contributed by atoms with Crippen molar-refractivity contribution in [2.75, 3.05) is 6.61 Å². The summed E-state index contributed by atoms with van der Waals surface area (Å²) in [5, 5.41) is 4.94. The topological polar surface area (TPSA) is 33.6 Å². The Morgan fingerprint density at radius 2 is 2.00 bits per heavy atom. The van der Waals surface area contributed by atoms with Gasteiger partial charge >= 0.3 is 0 Å². The molecule has 0 amide bonds. The van der Waals surface area contributed by atoms with Gasteiger partial charge in [0, 0.05) is 5.02 Å². The van der Waals surface area contributed by atoms with E-state index < -0.39 is 0 Å². The highest BCUT2D eigenvalue weighted by Gasteiger charge is 1.94. The van der Waals surface area contributed by atoms with Crippen molar-refractivity contribution in [3.8, 4) is 5.75 Å². The highest BCUT2D eigenvalue weighted by molar-refractivity contribution is 6.30. The third-order valence-corrected chi connectivity index (χ3v) is 2.92. The molecule has 3 nitrogen and oxygen atoms in total. The molecule has 2 aromatic rings. The number of hydrogen-bond donors (Lipinski definition) is 1. The molecule has 2 aromatic carbocycles. The van der Waals surface area contributed by atoms with Crippen LogP contribution < -0.4 is 10.2 Å². The van der Waals surface area contributed by atoms with Crippen molar-refractivity contribution in [3.05, 3.63) is 64.7 Å². The lowest BCUT2D eigenvalue weighted by molar-refractivity contribution is 0.340. The lowest BCUT2D eigenvalue weighted by Crippen LogP contribution is -2.05. The smallest absolute Gasteiger partial charge is 0.119 e. The fraction of sp³-hybridized carbons (Fsp3) is 0.188. The van der Waals surface area contributed by atoms with Gasteiger partial charge in [0.15, 0.2) is 0 Å². The first kappa shape index (κ1) is 14.4. The number of ether oxygens (including phenoxy) is 1. The standard InChI is InChI=1S/C16H17ClN2O/c1-2-20-16-5-3-4-14(10-16)12-19-18-11-13-6-8-15(17)9-7-13/h3-10,12,18H,2,11H2,1H3/b19-12-. The summed E-state index contributed by atoms with van der Waals surface area (Å²) in [6.07, 6.45) is 1.78. The van der Waals surface area contributed by atoms with Crippen LogP contribution in [-0.4, -0.2) is 12.8 Å². The number of benzene rings is 2. The second-order valence-electron chi connectivity index (χ2n) is 4.23. The van der Waals surface area contributed by atoms with Crippen LogP contribution >= 0.6 is 11.6 Å². The number of hydrazone groups is 1. The van der Waals surface area contributed by atoms with Crippen molar-refractivity contribution in [2.24, 2.45) is 5.10 Å². The maximum Gasteiger partial charge on any atom is 0.119 e. The van der Waals surface area contributed by atoms with Crippen LogP contribution in [0, 0.1) is 0 Å². The molecule has 0 aliphatic carbocycles. The predicted octanol–water partition coefficient (Wildman–Crippen LogP) is 3.86. The summed E-state index contributed by atoms with van der Waals surface area (Å²) in [5.41, 5.74) is 5.14. The second kappa shape index (κ2) is 7.56. The Hall–Kier alpha value is -2.00. The number of hydrogen-bond acceptors (Lipinski definition) is 3. The first-order valence-corrected chi connectivity index (χ1v) is 6.89. The molecule has 0 aromatic heterocycles. The molecule has 0 aliphatic heterocycles. The quantitative estimate of drug-likeness (QED) is 0.647. The van der Waals surface area contributed by atoms with E-state index in [1.165, 1.54) is 0 Å². The minimum atomic E-state index is 0.662. The predicted molar refractivity (Wildman–Crippen MR) is 83.5 cm³/mol. The molecule has 1 N–H and O–H groups in total. The molecule has 20 heavy (non-hydrogen) atoms. The second-order valence-corrected chi connectivity index (χ2v) is 4.66. The van der Waals surface area contributed by atoms with Crippen LogP contribution in [0.2, 0.25) is 5.02 Å². The first-order valence-electron chi connectivity index (χ1n) is 6.51. The fourth-order valence-electron chi connectivity index (χ4n) is 1.71. The fourth-order valence-corrected chi connectivity index (χ4v) is 1.84. The molecule has 0 bridgehead atoms. The van der Waals surface area contributed by atoms with Crippen LogP contribution in [0.25, 0.3) is 0 Å². The Labute approximate surface area is 124 Å². The molecule has 0 fully saturated rings. The van der Waals surface area contributed by atoms with Crippen LogP contribution in [0.3, 0.4) is 0 Å². The monoisotopic (exact) mass is 288 g/mol. The zero-order chi connectivity index (χ0) is 14.2. The average Bonchev–Trinajstić information content (AvgIpc) is 2.46. The van der Waals surface area contributed by atoms with Gasteiger partial charge in [-0.3, -0.25) is 0 Å². The van der Waals surface area contributed by atoms with E-state index in [4.69, 9.17) is 16.3 Å². The Morgan fingerprint density at radius 1 is 1.20 bits per heavy atom. The van der Waals surface area contributed by atoms with Crippen molar-refractivity contribution in [1.82, 2.24) is 5.43 Å². The molecule has 0 saturated heterocycles. The summed E-state index contributed by atoms with van der Waals surface area (Å²) in [6.45, 7) is 3.29. The van der Waals surface area contributed by atoms with Crippen LogP contribution in [0.15, 0.2) is 53.6 Å². The molecule has 0 atom stereocenters. The van der Waals surface area contributed by atoms with E-state index in [1.807, 2.05) is 55.5 Å². The average molecular weight is 289 g/mol. The zero-order valence-corrected chi connectivity index (χ0v) is 12.1. The van der Waals surface area contributed by atoms with Crippen molar-refractivity contribution in [1.29, 1.82) is 0 Å². The molecule has 0 heterocycles. The maximum absolute atomic E-state index is 5.83. The molecule has 0 radical (unpaired) electrons. The summed E-state index contributed by atoms with van der Waals surface area (Å²) >= 11 is 5.83. The van der Waals surface area contributed by atoms with Crippen LogP contribution in [0.5, 0.6) is 5.75 Å². The zero-order valence-electron chi connectivity index (χ0n) is 11.3. The van der Waals surface area contributed by atoms with Crippen molar-refractivity contribution in [2.45, 2.75) is 13.5 Å². The number of halogens is 1. The maximum atomic E-state index is 5.83. The van der Waals surface area contributed by atoms with Gasteiger partial charge in [0.25, 0.3) is 0 Å². The van der Waals surface area contributed by atoms with Crippen molar-refractivity contribution < 1.29 is 4.74 Å². The van der Waals surface area contributed by atoms with Gasteiger partial charge in [0.1, 0.15) is 5.75 Å². The molecule has 0 saturated carbocycles. The molecule has 104 valence electrons. The van der Waals surface area contributed by atoms with Gasteiger partial charge in [-0.2, -0.15) is 5.10 Å². The summed E-state index contributed by atoms with van der Waals surface area (Å²) < 4.78 is 5.44. The highest BCUT2D eigenvalue weighted by atomic mass is 35.5. The third-order valence-electron chi connectivity index (χ3n) is 2.67. The van der Waals surface area contributed by atoms with Gasteiger partial charge in [-0.1, -0.05) is 35.9 Å². The Balaban J connectivity index is 1.86. The van der Waals surface area contributed by atoms with Crippen LogP contribution in [0.4, 0.5) is 0 Å².